The Bertz CT molecular complexity index is 1260. The first-order chi connectivity index (χ1) is 14.3. The fourth-order valence-corrected chi connectivity index (χ4v) is 3.56. The number of rotatable bonds is 5. The van der Waals surface area contributed by atoms with Gasteiger partial charge in [0.2, 0.25) is 0 Å². The van der Waals surface area contributed by atoms with Crippen molar-refractivity contribution in [3.8, 4) is 22.8 Å². The molecule has 0 saturated carbocycles. The van der Waals surface area contributed by atoms with Crippen molar-refractivity contribution < 1.29 is 4.74 Å². The molecule has 3 aromatic carbocycles. The van der Waals surface area contributed by atoms with E-state index in [4.69, 9.17) is 9.72 Å². The SMILES string of the molecule is Brc1ccc(OCc2nc3ccccc3n2-c2cc(-c3ccccc3)[nH]n2)cc1. The standard InChI is InChI=1S/C23H17BrN4O/c24-17-10-12-18(13-11-17)29-15-23-25-19-8-4-5-9-21(19)28(23)22-14-20(26-27-22)16-6-2-1-3-7-16/h1-14H,15H2,(H,26,27). The summed E-state index contributed by atoms with van der Waals surface area (Å²) in [5.41, 5.74) is 3.95. The van der Waals surface area contributed by atoms with Crippen LogP contribution >= 0.6 is 15.9 Å². The third kappa shape index (κ3) is 3.54. The molecular formula is C23H17BrN4O. The minimum Gasteiger partial charge on any atom is -0.486 e. The lowest BCUT2D eigenvalue weighted by molar-refractivity contribution is 0.294. The summed E-state index contributed by atoms with van der Waals surface area (Å²) in [6, 6.07) is 28.0. The van der Waals surface area contributed by atoms with Crippen molar-refractivity contribution >= 4 is 27.0 Å². The summed E-state index contributed by atoms with van der Waals surface area (Å²) in [5.74, 6) is 2.37. The third-order valence-electron chi connectivity index (χ3n) is 4.69. The van der Waals surface area contributed by atoms with Gasteiger partial charge in [0.05, 0.1) is 16.7 Å². The number of hydrogen-bond donors (Lipinski definition) is 1. The molecule has 0 unspecified atom stereocenters. The summed E-state index contributed by atoms with van der Waals surface area (Å²) in [5, 5.41) is 7.69. The Hall–Kier alpha value is -3.38. The van der Waals surface area contributed by atoms with E-state index in [1.807, 2.05) is 77.4 Å². The molecule has 5 aromatic rings. The molecule has 1 N–H and O–H groups in total. The van der Waals surface area contributed by atoms with Gasteiger partial charge in [0.1, 0.15) is 12.4 Å². The lowest BCUT2D eigenvalue weighted by Crippen LogP contribution is -2.06. The Labute approximate surface area is 176 Å². The number of nitrogens with one attached hydrogen (secondary N) is 1. The van der Waals surface area contributed by atoms with Crippen LogP contribution in [-0.2, 0) is 6.61 Å². The number of halogens is 1. The van der Waals surface area contributed by atoms with Crippen molar-refractivity contribution in [2.75, 3.05) is 0 Å². The maximum absolute atomic E-state index is 5.99. The second-order valence-electron chi connectivity index (χ2n) is 6.60. The predicted octanol–water partition coefficient (Wildman–Crippen LogP) is 5.76. The van der Waals surface area contributed by atoms with Crippen molar-refractivity contribution in [3.05, 3.63) is 95.2 Å². The van der Waals surface area contributed by atoms with Gasteiger partial charge in [-0.2, -0.15) is 5.10 Å². The van der Waals surface area contributed by atoms with Crippen LogP contribution in [-0.4, -0.2) is 19.7 Å². The molecule has 0 radical (unpaired) electrons. The molecule has 0 spiro atoms. The van der Waals surface area contributed by atoms with Gasteiger partial charge in [-0.1, -0.05) is 58.4 Å². The van der Waals surface area contributed by atoms with E-state index in [1.165, 1.54) is 0 Å². The third-order valence-corrected chi connectivity index (χ3v) is 5.22. The minimum absolute atomic E-state index is 0.337. The van der Waals surface area contributed by atoms with Gasteiger partial charge in [-0.05, 0) is 42.0 Å². The van der Waals surface area contributed by atoms with E-state index in [2.05, 4.69) is 38.3 Å². The van der Waals surface area contributed by atoms with Crippen LogP contribution in [0.2, 0.25) is 0 Å². The summed E-state index contributed by atoms with van der Waals surface area (Å²) in [6.07, 6.45) is 0. The number of H-pyrrole nitrogens is 1. The number of fused-ring (bicyclic) bond motifs is 1. The van der Waals surface area contributed by atoms with Crippen LogP contribution in [0.4, 0.5) is 0 Å². The van der Waals surface area contributed by atoms with Crippen LogP contribution < -0.4 is 4.74 Å². The summed E-state index contributed by atoms with van der Waals surface area (Å²) >= 11 is 3.44. The van der Waals surface area contributed by atoms with E-state index in [0.717, 1.165) is 44.2 Å². The van der Waals surface area contributed by atoms with Gasteiger partial charge in [0.15, 0.2) is 11.6 Å². The molecule has 0 fully saturated rings. The average molecular weight is 445 g/mol. The quantitative estimate of drug-likeness (QED) is 0.375. The van der Waals surface area contributed by atoms with Gasteiger partial charge in [-0.25, -0.2) is 4.98 Å². The lowest BCUT2D eigenvalue weighted by atomic mass is 10.1. The van der Waals surface area contributed by atoms with E-state index >= 15 is 0 Å². The summed E-state index contributed by atoms with van der Waals surface area (Å²) in [7, 11) is 0. The fourth-order valence-electron chi connectivity index (χ4n) is 3.30. The molecule has 0 atom stereocenters. The van der Waals surface area contributed by atoms with Crippen molar-refractivity contribution in [1.82, 2.24) is 19.7 Å². The van der Waals surface area contributed by atoms with Gasteiger partial charge in [0, 0.05) is 10.5 Å². The van der Waals surface area contributed by atoms with Crippen LogP contribution in [0.15, 0.2) is 89.4 Å². The minimum atomic E-state index is 0.337. The van der Waals surface area contributed by atoms with E-state index in [0.29, 0.717) is 6.61 Å². The maximum atomic E-state index is 5.99. The van der Waals surface area contributed by atoms with Crippen molar-refractivity contribution in [1.29, 1.82) is 0 Å². The largest absolute Gasteiger partial charge is 0.486 e. The van der Waals surface area contributed by atoms with E-state index in [9.17, 15) is 0 Å². The van der Waals surface area contributed by atoms with Crippen LogP contribution in [0.5, 0.6) is 5.75 Å². The molecule has 0 aliphatic carbocycles. The number of nitrogens with zero attached hydrogens (tertiary/aromatic N) is 3. The Balaban J connectivity index is 1.53. The normalized spacial score (nSPS) is 11.1. The van der Waals surface area contributed by atoms with Gasteiger partial charge in [0.25, 0.3) is 0 Å². The summed E-state index contributed by atoms with van der Waals surface area (Å²) in [6.45, 7) is 0.337. The number of para-hydroxylation sites is 2. The number of hydrogen-bond acceptors (Lipinski definition) is 3. The second kappa shape index (κ2) is 7.56. The molecule has 0 saturated heterocycles. The average Bonchev–Trinajstić information content (AvgIpc) is 3.38. The smallest absolute Gasteiger partial charge is 0.161 e. The highest BCUT2D eigenvalue weighted by molar-refractivity contribution is 9.10. The maximum Gasteiger partial charge on any atom is 0.161 e. The predicted molar refractivity (Wildman–Crippen MR) is 117 cm³/mol. The fraction of sp³-hybridized carbons (Fsp3) is 0.0435. The van der Waals surface area contributed by atoms with E-state index < -0.39 is 0 Å². The van der Waals surface area contributed by atoms with Crippen LogP contribution in [0, 0.1) is 0 Å². The van der Waals surface area contributed by atoms with Crippen molar-refractivity contribution in [2.24, 2.45) is 0 Å². The van der Waals surface area contributed by atoms with Crippen molar-refractivity contribution in [2.45, 2.75) is 6.61 Å². The molecular weight excluding hydrogens is 428 g/mol. The second-order valence-corrected chi connectivity index (χ2v) is 7.52. The summed E-state index contributed by atoms with van der Waals surface area (Å²) < 4.78 is 9.04. The molecule has 142 valence electrons. The van der Waals surface area contributed by atoms with Crippen LogP contribution in [0.25, 0.3) is 28.1 Å². The molecule has 2 heterocycles. The molecule has 2 aromatic heterocycles. The first-order valence-electron chi connectivity index (χ1n) is 9.24. The number of benzene rings is 3. The van der Waals surface area contributed by atoms with E-state index in [-0.39, 0.29) is 0 Å². The van der Waals surface area contributed by atoms with Gasteiger partial charge < -0.3 is 4.74 Å². The van der Waals surface area contributed by atoms with Gasteiger partial charge in [-0.15, -0.1) is 0 Å². The van der Waals surface area contributed by atoms with E-state index in [1.54, 1.807) is 0 Å². The highest BCUT2D eigenvalue weighted by Gasteiger charge is 2.15. The van der Waals surface area contributed by atoms with Crippen LogP contribution in [0.1, 0.15) is 5.82 Å². The Morgan fingerprint density at radius 2 is 1.66 bits per heavy atom. The number of ether oxygens (including phenoxy) is 1. The Kier molecular flexibility index (Phi) is 4.62. The molecule has 0 amide bonds. The first-order valence-corrected chi connectivity index (χ1v) is 10.0. The number of aromatic nitrogens is 4. The molecule has 6 heteroatoms. The zero-order valence-electron chi connectivity index (χ0n) is 15.4. The highest BCUT2D eigenvalue weighted by atomic mass is 79.9. The molecule has 5 rings (SSSR count). The highest BCUT2D eigenvalue weighted by Crippen LogP contribution is 2.25. The van der Waals surface area contributed by atoms with Gasteiger partial charge in [-0.3, -0.25) is 9.67 Å². The number of aromatic amines is 1. The first kappa shape index (κ1) is 17.7. The number of imidazole rings is 1. The zero-order chi connectivity index (χ0) is 19.6. The van der Waals surface area contributed by atoms with Crippen LogP contribution in [0.3, 0.4) is 0 Å². The topological polar surface area (TPSA) is 55.7 Å². The van der Waals surface area contributed by atoms with Crippen molar-refractivity contribution in [3.63, 3.8) is 0 Å². The Morgan fingerprint density at radius 3 is 2.48 bits per heavy atom. The lowest BCUT2D eigenvalue weighted by Gasteiger charge is -2.08. The molecule has 0 aliphatic rings. The molecule has 5 nitrogen and oxygen atoms in total. The zero-order valence-corrected chi connectivity index (χ0v) is 17.0. The molecule has 0 bridgehead atoms. The molecule has 0 aliphatic heterocycles. The summed E-state index contributed by atoms with van der Waals surface area (Å²) in [4.78, 5) is 4.78. The monoisotopic (exact) mass is 444 g/mol. The van der Waals surface area contributed by atoms with Gasteiger partial charge >= 0.3 is 0 Å². The Morgan fingerprint density at radius 1 is 0.897 bits per heavy atom. The molecule has 29 heavy (non-hydrogen) atoms.